The molecule has 35 heavy (non-hydrogen) atoms. The first kappa shape index (κ1) is 27.6. The molecule has 186 valence electrons. The van der Waals surface area contributed by atoms with Crippen LogP contribution in [0.15, 0.2) is 47.8 Å². The van der Waals surface area contributed by atoms with Crippen molar-refractivity contribution in [1.29, 1.82) is 0 Å². The second-order valence-corrected chi connectivity index (χ2v) is 12.2. The Kier molecular flexibility index (Phi) is 11.0. The van der Waals surface area contributed by atoms with Crippen LogP contribution in [0.1, 0.15) is 32.6 Å². The lowest BCUT2D eigenvalue weighted by atomic mass is 10.2. The Bertz CT molecular complexity index is 1190. The first-order valence-electron chi connectivity index (χ1n) is 11.0. The summed E-state index contributed by atoms with van der Waals surface area (Å²) in [7, 11) is 1.27. The van der Waals surface area contributed by atoms with Crippen LogP contribution in [-0.2, 0) is 14.3 Å². The number of ether oxygens (including phenoxy) is 2. The third-order valence-corrected chi connectivity index (χ3v) is 9.16. The van der Waals surface area contributed by atoms with E-state index in [-0.39, 0.29) is 27.2 Å². The molecular formula is C26H28I2N2O4S. The maximum atomic E-state index is 13.2. The molecule has 6 nitrogen and oxygen atoms in total. The standard InChI is InChI=1S/C26H28I2N2O4S/c1-5-6-7-14-34-23-13-12-20(15-21(23)28-3)30(24(31)16-25(32)33-4)26-29-22(17-35-26)18-8-10-19(27-2)11-9-18/h8-13,15,17H,2-3,5-7,14,16H2,1,4H3. The van der Waals surface area contributed by atoms with Gasteiger partial charge in [-0.25, -0.2) is 4.98 Å². The number of halogens is 2. The average Bonchev–Trinajstić information content (AvgIpc) is 3.36. The van der Waals surface area contributed by atoms with E-state index in [1.54, 1.807) is 0 Å². The van der Waals surface area contributed by atoms with Crippen LogP contribution in [0.25, 0.3) is 11.3 Å². The number of carbonyl (C=O) groups excluding carboxylic acids is 2. The molecule has 0 fully saturated rings. The number of hydrogen-bond acceptors (Lipinski definition) is 6. The first-order chi connectivity index (χ1) is 17.0. The Balaban J connectivity index is 1.95. The minimum atomic E-state index is -0.593. The molecule has 2 aromatic carbocycles. The predicted molar refractivity (Wildman–Crippen MR) is 162 cm³/mol. The minimum Gasteiger partial charge on any atom is -0.492 e. The molecule has 0 aliphatic rings. The zero-order chi connectivity index (χ0) is 25.2. The molecule has 0 atom stereocenters. The van der Waals surface area contributed by atoms with Crippen LogP contribution in [0, 0.1) is 7.14 Å². The number of aromatic nitrogens is 1. The maximum Gasteiger partial charge on any atom is 0.315 e. The Hall–Kier alpha value is -1.99. The third kappa shape index (κ3) is 7.50. The largest absolute Gasteiger partial charge is 0.492 e. The van der Waals surface area contributed by atoms with E-state index in [1.165, 1.54) is 26.9 Å². The van der Waals surface area contributed by atoms with Gasteiger partial charge in [-0.15, -0.1) is 11.3 Å². The summed E-state index contributed by atoms with van der Waals surface area (Å²) in [5, 5.41) is 2.41. The summed E-state index contributed by atoms with van der Waals surface area (Å²) in [6.07, 6.45) is 2.87. The van der Waals surface area contributed by atoms with Crippen molar-refractivity contribution in [1.82, 2.24) is 4.98 Å². The summed E-state index contributed by atoms with van der Waals surface area (Å²) in [6.45, 7) is 2.81. The van der Waals surface area contributed by atoms with Crippen LogP contribution < -0.4 is 9.64 Å². The van der Waals surface area contributed by atoms with Crippen molar-refractivity contribution < 1.29 is 19.1 Å². The van der Waals surface area contributed by atoms with Crippen LogP contribution in [0.4, 0.5) is 10.8 Å². The fourth-order valence-electron chi connectivity index (χ4n) is 3.23. The highest BCUT2D eigenvalue weighted by molar-refractivity contribution is 14.2. The van der Waals surface area contributed by atoms with Crippen molar-refractivity contribution in [2.45, 2.75) is 32.6 Å². The van der Waals surface area contributed by atoms with Crippen LogP contribution in [0.2, 0.25) is 0 Å². The minimum absolute atomic E-state index is 0.221. The van der Waals surface area contributed by atoms with E-state index >= 15 is 0 Å². The van der Waals surface area contributed by atoms with Crippen LogP contribution in [0.3, 0.4) is 0 Å². The van der Waals surface area contributed by atoms with E-state index < -0.39 is 32.6 Å². The molecule has 1 amide bonds. The first-order valence-corrected chi connectivity index (χ1v) is 17.1. The zero-order valence-corrected chi connectivity index (χ0v) is 24.9. The third-order valence-electron chi connectivity index (χ3n) is 5.07. The lowest BCUT2D eigenvalue weighted by molar-refractivity contribution is -0.143. The summed E-state index contributed by atoms with van der Waals surface area (Å²) < 4.78 is 21.1. The van der Waals surface area contributed by atoms with E-state index in [4.69, 9.17) is 14.5 Å². The Morgan fingerprint density at radius 1 is 1.09 bits per heavy atom. The summed E-state index contributed by atoms with van der Waals surface area (Å²) in [5.74, 6) is -0.189. The van der Waals surface area contributed by atoms with Gasteiger partial charge in [0.2, 0.25) is 5.91 Å². The number of benzene rings is 2. The fourth-order valence-corrected chi connectivity index (χ4v) is 6.22. The van der Waals surface area contributed by atoms with Crippen molar-refractivity contribution in [3.63, 3.8) is 0 Å². The van der Waals surface area contributed by atoms with Gasteiger partial charge in [0.15, 0.2) is 5.13 Å². The van der Waals surface area contributed by atoms with Gasteiger partial charge in [-0.1, -0.05) is 82.4 Å². The molecule has 1 aromatic heterocycles. The van der Waals surface area contributed by atoms with Crippen LogP contribution in [0.5, 0.6) is 5.75 Å². The van der Waals surface area contributed by atoms with E-state index in [0.29, 0.717) is 17.4 Å². The summed E-state index contributed by atoms with van der Waals surface area (Å²) >= 11 is 0.583. The van der Waals surface area contributed by atoms with Gasteiger partial charge in [0.25, 0.3) is 0 Å². The van der Waals surface area contributed by atoms with E-state index in [0.717, 1.165) is 39.8 Å². The van der Waals surface area contributed by atoms with E-state index in [9.17, 15) is 9.59 Å². The summed E-state index contributed by atoms with van der Waals surface area (Å²) in [4.78, 5) is 31.4. The molecule has 0 saturated heterocycles. The lowest BCUT2D eigenvalue weighted by Gasteiger charge is -2.21. The van der Waals surface area contributed by atoms with Gasteiger partial charge in [0.1, 0.15) is 12.2 Å². The number of rotatable bonds is 12. The molecule has 0 unspecified atom stereocenters. The Morgan fingerprint density at radius 2 is 1.86 bits per heavy atom. The average molecular weight is 718 g/mol. The molecule has 0 spiro atoms. The topological polar surface area (TPSA) is 68.7 Å². The number of carbonyl (C=O) groups is 2. The second-order valence-electron chi connectivity index (χ2n) is 7.44. The van der Waals surface area contributed by atoms with Crippen LogP contribution >= 0.6 is 52.8 Å². The molecule has 0 saturated carbocycles. The van der Waals surface area contributed by atoms with Crippen molar-refractivity contribution >= 4 is 84.5 Å². The number of amides is 1. The number of nitrogens with zero attached hydrogens (tertiary/aromatic N) is 2. The maximum absolute atomic E-state index is 13.2. The van der Waals surface area contributed by atoms with Gasteiger partial charge in [-0.3, -0.25) is 14.5 Å². The Morgan fingerprint density at radius 3 is 2.51 bits per heavy atom. The van der Waals surface area contributed by atoms with Gasteiger partial charge < -0.3 is 9.47 Å². The van der Waals surface area contributed by atoms with Gasteiger partial charge >= 0.3 is 5.97 Å². The normalized spacial score (nSPS) is 10.7. The van der Waals surface area contributed by atoms with Crippen LogP contribution in [-0.4, -0.2) is 39.6 Å². The summed E-state index contributed by atoms with van der Waals surface area (Å²) in [6, 6.07) is 13.8. The number of anilines is 2. The van der Waals surface area contributed by atoms with E-state index in [2.05, 4.69) is 28.1 Å². The van der Waals surface area contributed by atoms with Crippen molar-refractivity contribution in [3.8, 4) is 17.0 Å². The molecule has 0 radical (unpaired) electrons. The molecule has 0 bridgehead atoms. The zero-order valence-electron chi connectivity index (χ0n) is 19.8. The van der Waals surface area contributed by atoms with Crippen molar-refractivity contribution in [2.75, 3.05) is 18.6 Å². The van der Waals surface area contributed by atoms with Gasteiger partial charge in [-0.2, -0.15) is 0 Å². The lowest BCUT2D eigenvalue weighted by Crippen LogP contribution is -2.28. The molecule has 0 aliphatic carbocycles. The highest BCUT2D eigenvalue weighted by atomic mass is 127. The fraction of sp³-hybridized carbons (Fsp3) is 0.269. The monoisotopic (exact) mass is 718 g/mol. The van der Waals surface area contributed by atoms with Crippen molar-refractivity contribution in [2.24, 2.45) is 0 Å². The van der Waals surface area contributed by atoms with Gasteiger partial charge in [-0.05, 0) is 36.8 Å². The number of esters is 1. The molecule has 3 rings (SSSR count). The number of thiazole rings is 1. The molecule has 9 heteroatoms. The highest BCUT2D eigenvalue weighted by Gasteiger charge is 2.25. The smallest absolute Gasteiger partial charge is 0.315 e. The number of methoxy groups -OCH3 is 1. The second kappa shape index (κ2) is 13.9. The van der Waals surface area contributed by atoms with Crippen molar-refractivity contribution in [3.05, 3.63) is 55.0 Å². The van der Waals surface area contributed by atoms with Gasteiger partial charge in [0, 0.05) is 14.5 Å². The quantitative estimate of drug-likeness (QED) is 0.0898. The molecule has 0 aliphatic heterocycles. The molecule has 3 aromatic rings. The summed E-state index contributed by atoms with van der Waals surface area (Å²) in [5.41, 5.74) is 2.38. The SMILES string of the molecule is C=Ic1ccc(-c2csc(N(C(=O)CC(=O)OC)c3ccc(OCCCCC)c(I=C)c3)n2)cc1. The predicted octanol–water partition coefficient (Wildman–Crippen LogP) is 6.75. The molecule has 0 N–H and O–H groups in total. The number of hydrogen-bond donors (Lipinski definition) is 0. The highest BCUT2D eigenvalue weighted by Crippen LogP contribution is 2.36. The molecule has 1 heterocycles. The van der Waals surface area contributed by atoms with Gasteiger partial charge in [0.05, 0.1) is 28.7 Å². The van der Waals surface area contributed by atoms with E-state index in [1.807, 2.05) is 35.7 Å². The molecular weight excluding hydrogens is 690 g/mol. The Labute approximate surface area is 230 Å². The number of unbranched alkanes of at least 4 members (excludes halogenated alkanes) is 2.